The largest absolute Gasteiger partial charge is 0.493 e. The third kappa shape index (κ3) is 6.77. The maximum atomic E-state index is 12.8. The van der Waals surface area contributed by atoms with Gasteiger partial charge in [-0.1, -0.05) is 39.0 Å². The van der Waals surface area contributed by atoms with Crippen LogP contribution in [0.5, 0.6) is 17.2 Å². The summed E-state index contributed by atoms with van der Waals surface area (Å²) in [6.45, 7) is 8.32. The highest BCUT2D eigenvalue weighted by molar-refractivity contribution is 7.92. The van der Waals surface area contributed by atoms with Crippen LogP contribution in [-0.2, 0) is 20.2 Å². The number of anilines is 1. The Bertz CT molecular complexity index is 1060. The van der Waals surface area contributed by atoms with Crippen LogP contribution in [0, 0.1) is 0 Å². The molecule has 33 heavy (non-hydrogen) atoms. The molecule has 0 aliphatic rings. The maximum Gasteiger partial charge on any atom is 0.243 e. The van der Waals surface area contributed by atoms with Crippen molar-refractivity contribution in [3.05, 3.63) is 48.0 Å². The second kappa shape index (κ2) is 10.8. The van der Waals surface area contributed by atoms with Crippen LogP contribution in [0.25, 0.3) is 0 Å². The Hall–Kier alpha value is -2.94. The molecule has 8 nitrogen and oxygen atoms in total. The van der Waals surface area contributed by atoms with Crippen LogP contribution in [0.4, 0.5) is 5.69 Å². The molecule has 2 rings (SSSR count). The molecule has 1 amide bonds. The lowest BCUT2D eigenvalue weighted by Crippen LogP contribution is -2.48. The molecular weight excluding hydrogens is 444 g/mol. The van der Waals surface area contributed by atoms with Gasteiger partial charge in [-0.2, -0.15) is 0 Å². The Morgan fingerprint density at radius 1 is 1.03 bits per heavy atom. The molecule has 0 aliphatic heterocycles. The van der Waals surface area contributed by atoms with Gasteiger partial charge in [0.2, 0.25) is 15.9 Å². The first-order valence-corrected chi connectivity index (χ1v) is 12.5. The van der Waals surface area contributed by atoms with Gasteiger partial charge in [-0.25, -0.2) is 8.42 Å². The number of rotatable bonds is 10. The van der Waals surface area contributed by atoms with Crippen molar-refractivity contribution in [2.75, 3.05) is 37.9 Å². The SMILES string of the molecule is COc1ccc(N(C(C)C(=O)NCCOc2ccccc2C(C)(C)C)S(C)(=O)=O)cc1OC. The first-order chi connectivity index (χ1) is 15.4. The van der Waals surface area contributed by atoms with Crippen LogP contribution in [-0.4, -0.2) is 54.0 Å². The van der Waals surface area contributed by atoms with Crippen LogP contribution in [0.3, 0.4) is 0 Å². The highest BCUT2D eigenvalue weighted by Crippen LogP contribution is 2.33. The lowest BCUT2D eigenvalue weighted by atomic mass is 9.86. The van der Waals surface area contributed by atoms with Gasteiger partial charge < -0.3 is 19.5 Å². The number of sulfonamides is 1. The van der Waals surface area contributed by atoms with E-state index < -0.39 is 22.0 Å². The fraction of sp³-hybridized carbons (Fsp3) is 0.458. The summed E-state index contributed by atoms with van der Waals surface area (Å²) >= 11 is 0. The van der Waals surface area contributed by atoms with Gasteiger partial charge in [-0.05, 0) is 36.1 Å². The Balaban J connectivity index is 2.09. The van der Waals surface area contributed by atoms with Crippen molar-refractivity contribution in [3.8, 4) is 17.2 Å². The predicted octanol–water partition coefficient (Wildman–Crippen LogP) is 3.35. The van der Waals surface area contributed by atoms with E-state index >= 15 is 0 Å². The average molecular weight is 479 g/mol. The highest BCUT2D eigenvalue weighted by atomic mass is 32.2. The molecule has 0 fully saturated rings. The summed E-state index contributed by atoms with van der Waals surface area (Å²) in [5.74, 6) is 1.14. The smallest absolute Gasteiger partial charge is 0.243 e. The molecule has 0 aromatic heterocycles. The summed E-state index contributed by atoms with van der Waals surface area (Å²) in [7, 11) is -0.809. The van der Waals surface area contributed by atoms with Crippen LogP contribution in [0.1, 0.15) is 33.3 Å². The number of hydrogen-bond acceptors (Lipinski definition) is 6. The summed E-state index contributed by atoms with van der Waals surface area (Å²) in [5, 5.41) is 2.76. The molecule has 0 radical (unpaired) electrons. The molecular formula is C24H34N2O6S. The van der Waals surface area contributed by atoms with Crippen molar-refractivity contribution in [1.82, 2.24) is 5.32 Å². The number of carbonyl (C=O) groups is 1. The standard InChI is InChI=1S/C24H34N2O6S/c1-17(26(33(7,28)29)18-12-13-21(30-5)22(16-18)31-6)23(27)25-14-15-32-20-11-9-8-10-19(20)24(2,3)4/h8-13,16-17H,14-15H2,1-7H3,(H,25,27). The number of nitrogens with one attached hydrogen (secondary N) is 1. The summed E-state index contributed by atoms with van der Waals surface area (Å²) in [6, 6.07) is 11.5. The molecule has 2 aromatic carbocycles. The third-order valence-corrected chi connectivity index (χ3v) is 6.31. The second-order valence-corrected chi connectivity index (χ2v) is 10.5. The molecule has 0 saturated heterocycles. The first-order valence-electron chi connectivity index (χ1n) is 10.6. The van der Waals surface area contributed by atoms with E-state index in [0.29, 0.717) is 17.2 Å². The van der Waals surface area contributed by atoms with Gasteiger partial charge in [0, 0.05) is 6.07 Å². The van der Waals surface area contributed by atoms with Crippen molar-refractivity contribution in [3.63, 3.8) is 0 Å². The molecule has 2 aromatic rings. The third-order valence-electron chi connectivity index (χ3n) is 5.06. The van der Waals surface area contributed by atoms with E-state index in [9.17, 15) is 13.2 Å². The van der Waals surface area contributed by atoms with Gasteiger partial charge in [0.15, 0.2) is 11.5 Å². The maximum absolute atomic E-state index is 12.8. The number of carbonyl (C=O) groups excluding carboxylic acids is 1. The minimum absolute atomic E-state index is 0.0796. The van der Waals surface area contributed by atoms with Crippen LogP contribution in [0.2, 0.25) is 0 Å². The minimum atomic E-state index is -3.76. The number of para-hydroxylation sites is 1. The Labute approximate surface area is 196 Å². The monoisotopic (exact) mass is 478 g/mol. The summed E-state index contributed by atoms with van der Waals surface area (Å²) in [6.07, 6.45) is 1.06. The molecule has 0 aliphatic carbocycles. The Kier molecular flexibility index (Phi) is 8.60. The van der Waals surface area contributed by atoms with Crippen molar-refractivity contribution >= 4 is 21.6 Å². The van der Waals surface area contributed by atoms with Crippen molar-refractivity contribution in [2.45, 2.75) is 39.2 Å². The quantitative estimate of drug-likeness (QED) is 0.527. The Morgan fingerprint density at radius 2 is 1.67 bits per heavy atom. The van der Waals surface area contributed by atoms with E-state index in [0.717, 1.165) is 21.9 Å². The van der Waals surface area contributed by atoms with Crippen molar-refractivity contribution in [1.29, 1.82) is 0 Å². The zero-order valence-electron chi connectivity index (χ0n) is 20.3. The number of ether oxygens (including phenoxy) is 3. The zero-order valence-corrected chi connectivity index (χ0v) is 21.2. The van der Waals surface area contributed by atoms with Gasteiger partial charge in [0.1, 0.15) is 18.4 Å². The fourth-order valence-corrected chi connectivity index (χ4v) is 4.63. The lowest BCUT2D eigenvalue weighted by molar-refractivity contribution is -0.121. The number of amides is 1. The van der Waals surface area contributed by atoms with Crippen LogP contribution in [0.15, 0.2) is 42.5 Å². The second-order valence-electron chi connectivity index (χ2n) is 8.66. The van der Waals surface area contributed by atoms with Gasteiger partial charge in [0.05, 0.1) is 32.7 Å². The normalized spacial score (nSPS) is 12.6. The fourth-order valence-electron chi connectivity index (χ4n) is 3.47. The van der Waals surface area contributed by atoms with Gasteiger partial charge in [-0.3, -0.25) is 9.10 Å². The molecule has 1 atom stereocenters. The number of methoxy groups -OCH3 is 2. The van der Waals surface area contributed by atoms with Gasteiger partial charge in [-0.15, -0.1) is 0 Å². The average Bonchev–Trinajstić information content (AvgIpc) is 2.75. The van der Waals surface area contributed by atoms with E-state index in [1.165, 1.54) is 27.2 Å². The Morgan fingerprint density at radius 3 is 2.24 bits per heavy atom. The minimum Gasteiger partial charge on any atom is -0.493 e. The topological polar surface area (TPSA) is 94.2 Å². The van der Waals surface area contributed by atoms with Crippen molar-refractivity contribution in [2.24, 2.45) is 0 Å². The van der Waals surface area contributed by atoms with Gasteiger partial charge in [0.25, 0.3) is 0 Å². The zero-order chi connectivity index (χ0) is 24.8. The molecule has 1 unspecified atom stereocenters. The van der Waals surface area contributed by atoms with Crippen LogP contribution >= 0.6 is 0 Å². The molecule has 0 spiro atoms. The first kappa shape index (κ1) is 26.3. The number of benzene rings is 2. The lowest BCUT2D eigenvalue weighted by Gasteiger charge is -2.28. The molecule has 0 saturated carbocycles. The molecule has 1 N–H and O–H groups in total. The van der Waals surface area contributed by atoms with E-state index in [2.05, 4.69) is 26.1 Å². The van der Waals surface area contributed by atoms with E-state index in [1.807, 2.05) is 24.3 Å². The summed E-state index contributed by atoms with van der Waals surface area (Å²) in [4.78, 5) is 12.8. The van der Waals surface area contributed by atoms with E-state index in [1.54, 1.807) is 12.1 Å². The summed E-state index contributed by atoms with van der Waals surface area (Å²) in [5.41, 5.74) is 1.29. The van der Waals surface area contributed by atoms with Crippen LogP contribution < -0.4 is 23.8 Å². The molecule has 0 heterocycles. The van der Waals surface area contributed by atoms with E-state index in [-0.39, 0.29) is 18.6 Å². The molecule has 0 bridgehead atoms. The van der Waals surface area contributed by atoms with Gasteiger partial charge >= 0.3 is 0 Å². The highest BCUT2D eigenvalue weighted by Gasteiger charge is 2.29. The molecule has 182 valence electrons. The summed E-state index contributed by atoms with van der Waals surface area (Å²) < 4.78 is 42.5. The number of hydrogen-bond donors (Lipinski definition) is 1. The number of nitrogens with zero attached hydrogens (tertiary/aromatic N) is 1. The predicted molar refractivity (Wildman–Crippen MR) is 130 cm³/mol. The van der Waals surface area contributed by atoms with Crippen molar-refractivity contribution < 1.29 is 27.4 Å². The molecule has 9 heteroatoms. The van der Waals surface area contributed by atoms with E-state index in [4.69, 9.17) is 14.2 Å².